The smallest absolute Gasteiger partial charge is 0.220 e. The van der Waals surface area contributed by atoms with Crippen molar-refractivity contribution < 1.29 is 13.8 Å². The lowest BCUT2D eigenvalue weighted by Gasteiger charge is -2.06. The lowest BCUT2D eigenvalue weighted by atomic mass is 10.1. The van der Waals surface area contributed by atoms with Crippen LogP contribution in [0.5, 0.6) is 0 Å². The molecular weight excluding hydrogens is 398 g/mol. The van der Waals surface area contributed by atoms with Gasteiger partial charge < -0.3 is 15.5 Å². The molecule has 4 rings (SSSR count). The molecule has 0 saturated carbocycles. The maximum atomic E-state index is 11.8. The third-order valence-electron chi connectivity index (χ3n) is 5.59. The molecule has 32 heavy (non-hydrogen) atoms. The molecule has 5 nitrogen and oxygen atoms in total. The molecule has 0 aliphatic rings. The maximum absolute atomic E-state index is 11.8. The van der Waals surface area contributed by atoms with Crippen LogP contribution in [0.2, 0.25) is 0 Å². The van der Waals surface area contributed by atoms with Crippen molar-refractivity contribution in [3.8, 4) is 0 Å². The highest BCUT2D eigenvalue weighted by Gasteiger charge is 2.14. The SMILES string of the molecule is NCCNC(=O)CCCCC[n+]1c(/C=C/c2cc3ccccc3o2)ccc2ccccc21. The molecular formula is C27H30N3O2+. The lowest BCUT2D eigenvalue weighted by Crippen LogP contribution is -2.38. The maximum Gasteiger partial charge on any atom is 0.220 e. The summed E-state index contributed by atoms with van der Waals surface area (Å²) in [5, 5.41) is 5.15. The summed E-state index contributed by atoms with van der Waals surface area (Å²) in [6.45, 7) is 1.92. The number of hydrogen-bond acceptors (Lipinski definition) is 3. The molecule has 0 spiro atoms. The van der Waals surface area contributed by atoms with Gasteiger partial charge in [0.2, 0.25) is 17.1 Å². The largest absolute Gasteiger partial charge is 0.457 e. The molecule has 0 fully saturated rings. The van der Waals surface area contributed by atoms with E-state index in [-0.39, 0.29) is 5.91 Å². The summed E-state index contributed by atoms with van der Waals surface area (Å²) in [6.07, 6.45) is 7.59. The minimum Gasteiger partial charge on any atom is -0.457 e. The Hall–Kier alpha value is -3.44. The average molecular weight is 429 g/mol. The number of amides is 1. The Morgan fingerprint density at radius 2 is 1.75 bits per heavy atom. The summed E-state index contributed by atoms with van der Waals surface area (Å²) in [4.78, 5) is 11.8. The van der Waals surface area contributed by atoms with Crippen molar-refractivity contribution in [2.75, 3.05) is 13.1 Å². The first-order chi connectivity index (χ1) is 15.7. The van der Waals surface area contributed by atoms with E-state index < -0.39 is 0 Å². The third kappa shape index (κ3) is 5.42. The van der Waals surface area contributed by atoms with Crippen LogP contribution in [0.1, 0.15) is 37.1 Å². The molecule has 5 heteroatoms. The van der Waals surface area contributed by atoms with E-state index in [1.807, 2.05) is 24.3 Å². The molecule has 3 N–H and O–H groups in total. The van der Waals surface area contributed by atoms with E-state index in [1.165, 1.54) is 10.9 Å². The molecule has 0 unspecified atom stereocenters. The van der Waals surface area contributed by atoms with Crippen LogP contribution in [0.3, 0.4) is 0 Å². The Morgan fingerprint density at radius 3 is 2.59 bits per heavy atom. The number of aryl methyl sites for hydroxylation is 1. The highest BCUT2D eigenvalue weighted by atomic mass is 16.3. The molecule has 164 valence electrons. The second-order valence-corrected chi connectivity index (χ2v) is 7.94. The van der Waals surface area contributed by atoms with Crippen molar-refractivity contribution >= 4 is 39.9 Å². The van der Waals surface area contributed by atoms with Gasteiger partial charge >= 0.3 is 0 Å². The summed E-state index contributed by atoms with van der Waals surface area (Å²) in [7, 11) is 0. The fourth-order valence-electron chi connectivity index (χ4n) is 3.96. The first-order valence-corrected chi connectivity index (χ1v) is 11.3. The molecule has 0 radical (unpaired) electrons. The molecule has 2 aromatic heterocycles. The lowest BCUT2D eigenvalue weighted by molar-refractivity contribution is -0.673. The Balaban J connectivity index is 1.47. The van der Waals surface area contributed by atoms with Crippen molar-refractivity contribution in [3.05, 3.63) is 78.2 Å². The van der Waals surface area contributed by atoms with E-state index in [0.717, 1.165) is 48.2 Å². The van der Waals surface area contributed by atoms with Gasteiger partial charge in [0.25, 0.3) is 0 Å². The number of rotatable bonds is 10. The van der Waals surface area contributed by atoms with E-state index in [2.05, 4.69) is 64.5 Å². The Kier molecular flexibility index (Phi) is 7.31. The molecule has 0 atom stereocenters. The van der Waals surface area contributed by atoms with Gasteiger partial charge in [-0.25, -0.2) is 0 Å². The van der Waals surface area contributed by atoms with Gasteiger partial charge in [0.05, 0.1) is 0 Å². The molecule has 0 saturated heterocycles. The molecule has 0 aliphatic heterocycles. The number of unbranched alkanes of at least 4 members (excludes halogenated alkanes) is 2. The predicted molar refractivity (Wildman–Crippen MR) is 130 cm³/mol. The van der Waals surface area contributed by atoms with E-state index >= 15 is 0 Å². The number of carbonyl (C=O) groups excluding carboxylic acids is 1. The number of nitrogens with two attached hydrogens (primary N) is 1. The highest BCUT2D eigenvalue weighted by Crippen LogP contribution is 2.21. The van der Waals surface area contributed by atoms with Crippen LogP contribution >= 0.6 is 0 Å². The van der Waals surface area contributed by atoms with Gasteiger partial charge in [-0.2, -0.15) is 4.57 Å². The van der Waals surface area contributed by atoms with Gasteiger partial charge in [-0.15, -0.1) is 0 Å². The first kappa shape index (κ1) is 21.8. The van der Waals surface area contributed by atoms with Crippen molar-refractivity contribution in [1.29, 1.82) is 0 Å². The zero-order valence-electron chi connectivity index (χ0n) is 18.3. The molecule has 4 aromatic rings. The number of carbonyl (C=O) groups is 1. The standard InChI is InChI=1S/C27H29N3O2/c28-17-18-29-27(31)12-2-1-7-19-30-23(14-13-21-8-3-5-10-25(21)30)15-16-24-20-22-9-4-6-11-26(22)32-24/h3-6,8-11,13-16,20H,1-2,7,12,17-19,28H2/p+1/b16-15+. The Bertz CT molecular complexity index is 1190. The van der Waals surface area contributed by atoms with Crippen molar-refractivity contribution in [3.63, 3.8) is 0 Å². The predicted octanol–water partition coefficient (Wildman–Crippen LogP) is 4.68. The number of fused-ring (bicyclic) bond motifs is 2. The van der Waals surface area contributed by atoms with Crippen LogP contribution in [-0.4, -0.2) is 19.0 Å². The normalized spacial score (nSPS) is 11.5. The summed E-state index contributed by atoms with van der Waals surface area (Å²) in [5.74, 6) is 0.928. The fraction of sp³-hybridized carbons (Fsp3) is 0.259. The topological polar surface area (TPSA) is 72.1 Å². The fourth-order valence-corrected chi connectivity index (χ4v) is 3.96. The van der Waals surface area contributed by atoms with Gasteiger partial charge in [-0.3, -0.25) is 4.79 Å². The van der Waals surface area contributed by atoms with Gasteiger partial charge in [-0.1, -0.05) is 30.3 Å². The zero-order valence-corrected chi connectivity index (χ0v) is 18.3. The summed E-state index contributed by atoms with van der Waals surface area (Å²) >= 11 is 0. The first-order valence-electron chi connectivity index (χ1n) is 11.3. The van der Waals surface area contributed by atoms with Gasteiger partial charge in [0.15, 0.2) is 0 Å². The van der Waals surface area contributed by atoms with E-state index in [9.17, 15) is 4.79 Å². The summed E-state index contributed by atoms with van der Waals surface area (Å²) < 4.78 is 8.29. The Morgan fingerprint density at radius 1 is 0.938 bits per heavy atom. The van der Waals surface area contributed by atoms with Crippen LogP contribution in [0.4, 0.5) is 0 Å². The van der Waals surface area contributed by atoms with Crippen LogP contribution in [0, 0.1) is 0 Å². The third-order valence-corrected chi connectivity index (χ3v) is 5.59. The highest BCUT2D eigenvalue weighted by molar-refractivity contribution is 5.82. The second kappa shape index (κ2) is 10.7. The summed E-state index contributed by atoms with van der Waals surface area (Å²) in [6, 6.07) is 22.9. The van der Waals surface area contributed by atoms with Crippen molar-refractivity contribution in [1.82, 2.24) is 5.32 Å². The van der Waals surface area contributed by atoms with Gasteiger partial charge in [0.1, 0.15) is 17.9 Å². The number of furan rings is 1. The van der Waals surface area contributed by atoms with Crippen LogP contribution in [-0.2, 0) is 11.3 Å². The van der Waals surface area contributed by atoms with E-state index in [4.69, 9.17) is 10.2 Å². The number of para-hydroxylation sites is 2. The number of nitrogens with one attached hydrogen (secondary N) is 1. The van der Waals surface area contributed by atoms with E-state index in [0.29, 0.717) is 19.5 Å². The molecule has 1 amide bonds. The van der Waals surface area contributed by atoms with Gasteiger partial charge in [0, 0.05) is 54.9 Å². The van der Waals surface area contributed by atoms with Crippen molar-refractivity contribution in [2.24, 2.45) is 5.73 Å². The molecule has 2 aromatic carbocycles. The molecule has 0 aliphatic carbocycles. The van der Waals surface area contributed by atoms with Crippen LogP contribution in [0.15, 0.2) is 71.1 Å². The number of pyridine rings is 1. The number of aromatic nitrogens is 1. The monoisotopic (exact) mass is 428 g/mol. The minimum absolute atomic E-state index is 0.0859. The Labute approximate surface area is 188 Å². The van der Waals surface area contributed by atoms with E-state index in [1.54, 1.807) is 0 Å². The number of hydrogen-bond donors (Lipinski definition) is 2. The second-order valence-electron chi connectivity index (χ2n) is 7.94. The molecule has 0 bridgehead atoms. The number of benzene rings is 2. The van der Waals surface area contributed by atoms with Crippen molar-refractivity contribution in [2.45, 2.75) is 32.2 Å². The molecule has 2 heterocycles. The van der Waals surface area contributed by atoms with Crippen LogP contribution in [0.25, 0.3) is 34.0 Å². The zero-order chi connectivity index (χ0) is 22.2. The minimum atomic E-state index is 0.0859. The number of nitrogens with zero attached hydrogens (tertiary/aromatic N) is 1. The van der Waals surface area contributed by atoms with Crippen LogP contribution < -0.4 is 15.6 Å². The quantitative estimate of drug-likeness (QED) is 0.285. The average Bonchev–Trinajstić information content (AvgIpc) is 3.24. The van der Waals surface area contributed by atoms with Gasteiger partial charge in [-0.05, 0) is 43.2 Å². The summed E-state index contributed by atoms with van der Waals surface area (Å²) in [5.41, 5.74) is 8.66.